The minimum atomic E-state index is -0.483. The number of benzene rings is 3. The molecule has 3 aromatic carbocycles. The van der Waals surface area contributed by atoms with Crippen LogP contribution < -0.4 is 10.2 Å². The molecule has 0 aliphatic carbocycles. The minimum Gasteiger partial charge on any atom is -0.456 e. The number of aromatic amines is 1. The molecule has 4 aromatic rings. The van der Waals surface area contributed by atoms with Crippen molar-refractivity contribution in [2.75, 3.05) is 10.2 Å². The number of H-pyrrole nitrogens is 1. The van der Waals surface area contributed by atoms with Crippen LogP contribution in [0.1, 0.15) is 21.6 Å². The smallest absolute Gasteiger partial charge is 0.355 e. The molecule has 6 nitrogen and oxygen atoms in total. The lowest BCUT2D eigenvalue weighted by molar-refractivity contribution is 0.0466. The number of carbonyl (C=O) groups excluding carboxylic acids is 2. The first-order valence-electron chi connectivity index (χ1n) is 10.3. The van der Waals surface area contributed by atoms with Gasteiger partial charge in [-0.2, -0.15) is 0 Å². The zero-order chi connectivity index (χ0) is 22.2. The number of nitrogens with one attached hydrogen (secondary N) is 2. The van der Waals surface area contributed by atoms with E-state index in [1.807, 2.05) is 91.0 Å². The number of hydrogen-bond donors (Lipinski definition) is 2. The summed E-state index contributed by atoms with van der Waals surface area (Å²) in [7, 11) is 0. The van der Waals surface area contributed by atoms with Crippen molar-refractivity contribution in [3.8, 4) is 0 Å². The summed E-state index contributed by atoms with van der Waals surface area (Å²) >= 11 is 0. The fourth-order valence-electron chi connectivity index (χ4n) is 3.22. The Morgan fingerprint density at radius 2 is 1.41 bits per heavy atom. The number of urea groups is 1. The molecule has 32 heavy (non-hydrogen) atoms. The van der Waals surface area contributed by atoms with Crippen molar-refractivity contribution < 1.29 is 14.3 Å². The lowest BCUT2D eigenvalue weighted by Gasteiger charge is -2.22. The second kappa shape index (κ2) is 10.1. The molecule has 1 heterocycles. The predicted molar refractivity (Wildman–Crippen MR) is 124 cm³/mol. The van der Waals surface area contributed by atoms with E-state index in [1.165, 1.54) is 0 Å². The van der Waals surface area contributed by atoms with Crippen LogP contribution in [0.25, 0.3) is 0 Å². The maximum atomic E-state index is 13.1. The van der Waals surface area contributed by atoms with Gasteiger partial charge in [-0.3, -0.25) is 4.90 Å². The topological polar surface area (TPSA) is 74.4 Å². The van der Waals surface area contributed by atoms with Crippen LogP contribution in [0.5, 0.6) is 0 Å². The monoisotopic (exact) mass is 425 g/mol. The molecule has 2 amide bonds. The van der Waals surface area contributed by atoms with Crippen LogP contribution >= 0.6 is 0 Å². The molecule has 0 saturated carbocycles. The third-order valence-corrected chi connectivity index (χ3v) is 4.87. The number of anilines is 2. The van der Waals surface area contributed by atoms with Gasteiger partial charge in [-0.1, -0.05) is 78.9 Å². The highest BCUT2D eigenvalue weighted by Crippen LogP contribution is 2.21. The zero-order valence-corrected chi connectivity index (χ0v) is 17.4. The first-order chi connectivity index (χ1) is 15.7. The molecule has 0 radical (unpaired) electrons. The number of ether oxygens (including phenoxy) is 1. The molecule has 0 unspecified atom stereocenters. The summed E-state index contributed by atoms with van der Waals surface area (Å²) in [5.41, 5.74) is 3.40. The molecule has 0 saturated heterocycles. The van der Waals surface area contributed by atoms with Gasteiger partial charge in [-0.05, 0) is 29.3 Å². The van der Waals surface area contributed by atoms with Crippen LogP contribution in [0.3, 0.4) is 0 Å². The summed E-state index contributed by atoms with van der Waals surface area (Å²) in [5.74, 6) is -0.483. The Morgan fingerprint density at radius 3 is 2.06 bits per heavy atom. The fourth-order valence-corrected chi connectivity index (χ4v) is 3.22. The van der Waals surface area contributed by atoms with E-state index in [2.05, 4.69) is 10.3 Å². The molecule has 160 valence electrons. The summed E-state index contributed by atoms with van der Waals surface area (Å²) in [4.78, 5) is 30.1. The van der Waals surface area contributed by atoms with Crippen molar-refractivity contribution >= 4 is 23.4 Å². The van der Waals surface area contributed by atoms with Gasteiger partial charge in [0.1, 0.15) is 12.3 Å². The summed E-state index contributed by atoms with van der Waals surface area (Å²) in [6, 6.07) is 29.7. The van der Waals surface area contributed by atoms with Crippen LogP contribution in [-0.4, -0.2) is 17.0 Å². The summed E-state index contributed by atoms with van der Waals surface area (Å²) in [6.07, 6.45) is 1.63. The Kier molecular flexibility index (Phi) is 6.63. The SMILES string of the molecule is O=C(OCc1ccccc1)c1cc(N(Cc2ccccc2)C(=O)Nc2ccccc2)c[nH]1. The Balaban J connectivity index is 1.51. The van der Waals surface area contributed by atoms with Gasteiger partial charge in [-0.15, -0.1) is 0 Å². The molecular weight excluding hydrogens is 402 g/mol. The largest absolute Gasteiger partial charge is 0.456 e. The average molecular weight is 425 g/mol. The van der Waals surface area contributed by atoms with E-state index in [0.29, 0.717) is 17.9 Å². The number of esters is 1. The highest BCUT2D eigenvalue weighted by molar-refractivity contribution is 6.02. The van der Waals surface area contributed by atoms with Crippen molar-refractivity contribution in [2.24, 2.45) is 0 Å². The Bertz CT molecular complexity index is 1160. The van der Waals surface area contributed by atoms with E-state index < -0.39 is 5.97 Å². The highest BCUT2D eigenvalue weighted by atomic mass is 16.5. The van der Waals surface area contributed by atoms with E-state index >= 15 is 0 Å². The number of hydrogen-bond acceptors (Lipinski definition) is 3. The quantitative estimate of drug-likeness (QED) is 0.378. The van der Waals surface area contributed by atoms with Gasteiger partial charge in [0.15, 0.2) is 0 Å². The average Bonchev–Trinajstić information content (AvgIpc) is 3.33. The van der Waals surface area contributed by atoms with Gasteiger partial charge in [0, 0.05) is 11.9 Å². The van der Waals surface area contributed by atoms with Gasteiger partial charge in [-0.25, -0.2) is 9.59 Å². The molecule has 0 aliphatic rings. The summed E-state index contributed by atoms with van der Waals surface area (Å²) < 4.78 is 5.39. The van der Waals surface area contributed by atoms with E-state index in [9.17, 15) is 9.59 Å². The lowest BCUT2D eigenvalue weighted by Crippen LogP contribution is -2.34. The maximum absolute atomic E-state index is 13.1. The Morgan fingerprint density at radius 1 is 0.812 bits per heavy atom. The van der Waals surface area contributed by atoms with Crippen molar-refractivity contribution in [2.45, 2.75) is 13.2 Å². The van der Waals surface area contributed by atoms with Gasteiger partial charge in [0.25, 0.3) is 0 Å². The van der Waals surface area contributed by atoms with Gasteiger partial charge < -0.3 is 15.0 Å². The van der Waals surface area contributed by atoms with Crippen LogP contribution in [0.2, 0.25) is 0 Å². The van der Waals surface area contributed by atoms with Crippen molar-refractivity contribution in [3.05, 3.63) is 120 Å². The van der Waals surface area contributed by atoms with Crippen LogP contribution in [-0.2, 0) is 17.9 Å². The number of nitrogens with zero attached hydrogens (tertiary/aromatic N) is 1. The predicted octanol–water partition coefficient (Wildman–Crippen LogP) is 5.61. The fraction of sp³-hybridized carbons (Fsp3) is 0.0769. The first-order valence-corrected chi connectivity index (χ1v) is 10.3. The van der Waals surface area contributed by atoms with Crippen molar-refractivity contribution in [3.63, 3.8) is 0 Å². The van der Waals surface area contributed by atoms with Crippen molar-refractivity contribution in [1.82, 2.24) is 4.98 Å². The minimum absolute atomic E-state index is 0.177. The van der Waals surface area contributed by atoms with Crippen LogP contribution in [0.4, 0.5) is 16.2 Å². The first kappa shape index (κ1) is 20.9. The number of aromatic nitrogens is 1. The van der Waals surface area contributed by atoms with E-state index in [0.717, 1.165) is 11.1 Å². The number of amides is 2. The molecular formula is C26H23N3O3. The molecule has 0 atom stereocenters. The Labute approximate surface area is 186 Å². The van der Waals surface area contributed by atoms with Gasteiger partial charge in [0.2, 0.25) is 0 Å². The summed E-state index contributed by atoms with van der Waals surface area (Å²) in [6.45, 7) is 0.520. The van der Waals surface area contributed by atoms with E-state index in [1.54, 1.807) is 17.2 Å². The Hall–Kier alpha value is -4.32. The van der Waals surface area contributed by atoms with Crippen LogP contribution in [0, 0.1) is 0 Å². The van der Waals surface area contributed by atoms with Crippen LogP contribution in [0.15, 0.2) is 103 Å². The molecule has 0 aliphatic heterocycles. The second-order valence-electron chi connectivity index (χ2n) is 7.20. The van der Waals surface area contributed by atoms with Gasteiger partial charge in [0.05, 0.1) is 12.2 Å². The third kappa shape index (κ3) is 5.43. The molecule has 2 N–H and O–H groups in total. The van der Waals surface area contributed by atoms with E-state index in [-0.39, 0.29) is 18.3 Å². The standard InChI is InChI=1S/C26H23N3O3/c30-25(32-19-21-12-6-2-7-13-21)24-16-23(17-27-24)29(18-20-10-4-1-5-11-20)26(31)28-22-14-8-3-9-15-22/h1-17,27H,18-19H2,(H,28,31). The normalized spacial score (nSPS) is 10.4. The summed E-state index contributed by atoms with van der Waals surface area (Å²) in [5, 5.41) is 2.90. The molecule has 1 aromatic heterocycles. The highest BCUT2D eigenvalue weighted by Gasteiger charge is 2.20. The second-order valence-corrected chi connectivity index (χ2v) is 7.20. The maximum Gasteiger partial charge on any atom is 0.355 e. The number of rotatable bonds is 7. The third-order valence-electron chi connectivity index (χ3n) is 4.87. The molecule has 0 bridgehead atoms. The molecule has 6 heteroatoms. The van der Waals surface area contributed by atoms with Crippen molar-refractivity contribution in [1.29, 1.82) is 0 Å². The lowest BCUT2D eigenvalue weighted by atomic mass is 10.2. The zero-order valence-electron chi connectivity index (χ0n) is 17.4. The van der Waals surface area contributed by atoms with Gasteiger partial charge >= 0.3 is 12.0 Å². The van der Waals surface area contributed by atoms with E-state index in [4.69, 9.17) is 4.74 Å². The number of para-hydroxylation sites is 1. The number of carbonyl (C=O) groups is 2. The molecule has 0 fully saturated rings. The molecule has 4 rings (SSSR count). The molecule has 0 spiro atoms.